The van der Waals surface area contributed by atoms with E-state index in [0.29, 0.717) is 106 Å². The molecule has 0 unspecified atom stereocenters. The van der Waals surface area contributed by atoms with Gasteiger partial charge in [-0.2, -0.15) is 0 Å². The molecule has 0 aliphatic carbocycles. The second-order valence-electron chi connectivity index (χ2n) is 25.1. The van der Waals surface area contributed by atoms with Crippen molar-refractivity contribution in [3.63, 3.8) is 0 Å². The first kappa shape index (κ1) is 75.1. The van der Waals surface area contributed by atoms with Gasteiger partial charge in [-0.05, 0) is 184 Å². The van der Waals surface area contributed by atoms with Gasteiger partial charge in [-0.15, -0.1) is 10.2 Å². The molecule has 0 saturated carbocycles. The molecule has 0 fully saturated rings. The van der Waals surface area contributed by atoms with Crippen LogP contribution in [0.5, 0.6) is 34.5 Å². The fourth-order valence-corrected chi connectivity index (χ4v) is 11.4. The van der Waals surface area contributed by atoms with E-state index in [2.05, 4.69) is 45.1 Å². The number of fused-ring (bicyclic) bond motifs is 6. The van der Waals surface area contributed by atoms with Gasteiger partial charge in [-0.25, -0.2) is 29.9 Å². The Morgan fingerprint density at radius 2 is 0.515 bits per heavy atom. The zero-order chi connectivity index (χ0) is 74.8. The van der Waals surface area contributed by atoms with Crippen LogP contribution < -0.4 is 33.4 Å². The highest BCUT2D eigenvalue weighted by Gasteiger charge is 2.23. The number of pyridine rings is 8. The second kappa shape index (κ2) is 28.1. The van der Waals surface area contributed by atoms with Crippen molar-refractivity contribution in [1.29, 1.82) is 0 Å². The van der Waals surface area contributed by atoms with Crippen LogP contribution in [-0.2, 0) is 42.3 Å². The molecule has 0 aliphatic rings. The highest BCUT2D eigenvalue weighted by atomic mass is 16.3. The maximum Gasteiger partial charge on any atom is 0.280 e. The van der Waals surface area contributed by atoms with Gasteiger partial charge in [0.15, 0.2) is 34.0 Å². The van der Waals surface area contributed by atoms with Gasteiger partial charge in [-0.1, -0.05) is 0 Å². The fraction of sp³-hybridized carbons (Fsp3) is 0.375. The number of aryl methyl sites for hydroxylation is 12. The number of aromatic nitrogens is 15. The number of nitrogens with zero attached hydrogens (tertiary/aromatic N) is 15. The van der Waals surface area contributed by atoms with Gasteiger partial charge in [0.2, 0.25) is 0 Å². The Labute approximate surface area is 569 Å². The smallest absolute Gasteiger partial charge is 0.280 e. The summed E-state index contributed by atoms with van der Waals surface area (Å²) in [6.45, 7) is 38.2. The molecular weight excluding hydrogens is 1270 g/mol. The largest absolute Gasteiger partial charge is 0.505 e. The molecule has 11 heterocycles. The maximum atomic E-state index is 12.4. The molecule has 0 atom stereocenters. The summed E-state index contributed by atoms with van der Waals surface area (Å²) in [5, 5.41) is 71.1. The highest BCUT2D eigenvalue weighted by molar-refractivity contribution is 5.96. The quantitative estimate of drug-likeness (QED) is 0.0828. The Morgan fingerprint density at radius 1 is 0.212 bits per heavy atom. The predicted molar refractivity (Wildman–Crippen MR) is 385 cm³/mol. The molecular formula is C72H87N15O12. The van der Waals surface area contributed by atoms with Crippen molar-refractivity contribution in [3.8, 4) is 34.5 Å². The van der Waals surface area contributed by atoms with Crippen molar-refractivity contribution < 1.29 is 30.6 Å². The minimum Gasteiger partial charge on any atom is -0.505 e. The zero-order valence-corrected chi connectivity index (χ0v) is 61.3. The van der Waals surface area contributed by atoms with Gasteiger partial charge < -0.3 is 58.0 Å². The third kappa shape index (κ3) is 13.1. The Bertz CT molecular complexity index is 5790. The van der Waals surface area contributed by atoms with E-state index in [1.165, 1.54) is 27.4 Å². The van der Waals surface area contributed by atoms with E-state index in [1.807, 2.05) is 62.3 Å². The molecule has 11 aromatic heterocycles. The second-order valence-corrected chi connectivity index (χ2v) is 25.1. The van der Waals surface area contributed by atoms with Crippen molar-refractivity contribution in [2.45, 2.75) is 145 Å². The topological polar surface area (TPSA) is 369 Å². The molecule has 27 heteroatoms. The lowest BCUT2D eigenvalue weighted by molar-refractivity contribution is 0.466. The molecule has 6 N–H and O–H groups in total. The lowest BCUT2D eigenvalue weighted by Gasteiger charge is -2.17. The molecule has 12 rings (SSSR count). The van der Waals surface area contributed by atoms with Crippen LogP contribution in [0.3, 0.4) is 0 Å². The van der Waals surface area contributed by atoms with Crippen molar-refractivity contribution >= 4 is 65.4 Å². The van der Waals surface area contributed by atoms with Gasteiger partial charge in [0.1, 0.15) is 45.2 Å². The molecule has 0 radical (unpaired) electrons. The fourth-order valence-electron chi connectivity index (χ4n) is 11.4. The summed E-state index contributed by atoms with van der Waals surface area (Å²) in [7, 11) is 9.81. The molecule has 27 nitrogen and oxygen atoms in total. The number of aromatic hydroxyl groups is 6. The van der Waals surface area contributed by atoms with Crippen molar-refractivity contribution in [3.05, 3.63) is 181 Å². The summed E-state index contributed by atoms with van der Waals surface area (Å²) in [5.74, 6) is 1.50. The average molecular weight is 1350 g/mol. The first-order chi connectivity index (χ1) is 45.9. The summed E-state index contributed by atoms with van der Waals surface area (Å²) in [6, 6.07) is 0. The third-order valence-electron chi connectivity index (χ3n) is 19.4. The van der Waals surface area contributed by atoms with E-state index in [9.17, 15) is 59.4 Å². The predicted octanol–water partition coefficient (Wildman–Crippen LogP) is 8.50. The van der Waals surface area contributed by atoms with Gasteiger partial charge in [0.25, 0.3) is 33.4 Å². The highest BCUT2D eigenvalue weighted by Crippen LogP contribution is 2.36. The van der Waals surface area contributed by atoms with Crippen LogP contribution in [0.15, 0.2) is 28.8 Å². The molecule has 0 saturated heterocycles. The molecule has 0 bridgehead atoms. The standard InChI is InChI=1S/C15H19NO2.2C13H16N2O2.2C11H13N3O2.C9H10N4O2/c1-7-8(2)10(4)13-12(9(7)3)14(17)11(5)16(6)15(13)18;1-6-7(2)14-8(3)11-10(6)12(16)9(4)15(5)13(11)17;1-6-7(2)10-11(14-8(6)3)12(16)9(4)15(5)13(10)17;1-5-8-9(13-7(3)12-5)10(15)6(2)14(4)11(8)16;1-5-6(2)13-9-8(12-5)10(15)7(3)14(4)11(9)16;1-4-8(14)6-7(9(15)13(4)3)12-11-5(2)10-6/h17H,1-6H3;2*16H,1-5H3;2*15H,1-4H3;14H,1-3H3. The Balaban J connectivity index is 0.000000167. The molecule has 522 valence electrons. The summed E-state index contributed by atoms with van der Waals surface area (Å²) in [5.41, 5.74) is 15.1. The van der Waals surface area contributed by atoms with Gasteiger partial charge in [0, 0.05) is 64.4 Å². The number of hydrogen-bond acceptors (Lipinski definition) is 21. The van der Waals surface area contributed by atoms with Crippen LogP contribution in [0.1, 0.15) is 119 Å². The molecule has 99 heavy (non-hydrogen) atoms. The van der Waals surface area contributed by atoms with Gasteiger partial charge >= 0.3 is 0 Å². The van der Waals surface area contributed by atoms with Crippen LogP contribution in [0.25, 0.3) is 65.4 Å². The van der Waals surface area contributed by atoms with E-state index in [1.54, 1.807) is 125 Å². The summed E-state index contributed by atoms with van der Waals surface area (Å²) in [6.07, 6.45) is 0. The number of benzene rings is 1. The minimum atomic E-state index is -0.305. The molecule has 0 spiro atoms. The number of rotatable bonds is 0. The van der Waals surface area contributed by atoms with E-state index in [4.69, 9.17) is 0 Å². The van der Waals surface area contributed by atoms with Crippen LogP contribution in [0.4, 0.5) is 0 Å². The zero-order valence-electron chi connectivity index (χ0n) is 61.3. The molecule has 12 aromatic rings. The number of hydrogen-bond donors (Lipinski definition) is 6. The van der Waals surface area contributed by atoms with E-state index in [-0.39, 0.29) is 89.9 Å². The first-order valence-electron chi connectivity index (χ1n) is 31.5. The van der Waals surface area contributed by atoms with Crippen molar-refractivity contribution in [2.24, 2.45) is 42.3 Å². The maximum absolute atomic E-state index is 12.4. The first-order valence-corrected chi connectivity index (χ1v) is 31.5. The Kier molecular flexibility index (Phi) is 21.3. The Morgan fingerprint density at radius 3 is 0.990 bits per heavy atom. The summed E-state index contributed by atoms with van der Waals surface area (Å²) < 4.78 is 8.54. The SMILES string of the molecule is Cc1c(C)c(C)c2c(=O)n(C)c(C)c(O)c2c1C.Cc1nc(C)c2c(=O)n(C)c(C)c(O)c2c1C.Cc1nc(C)c2c(=O)n(C)c(C)c(O)c2n1.Cc1nc2c(O)c(C)n(C)c(=O)c2c(C)c1C.Cc1nc2c(O)c(C)n(C)c(=O)c2nc1C.Cc1nnc2c(=O)n(C)c(C)c(O)c2n1. The van der Waals surface area contributed by atoms with Crippen molar-refractivity contribution in [1.82, 2.24) is 72.5 Å². The lowest BCUT2D eigenvalue weighted by Crippen LogP contribution is -2.21. The van der Waals surface area contributed by atoms with Crippen LogP contribution in [0.2, 0.25) is 0 Å². The normalized spacial score (nSPS) is 11.1. The average Bonchev–Trinajstić information content (AvgIpc) is 0.720. The van der Waals surface area contributed by atoms with Gasteiger partial charge in [0.05, 0.1) is 78.5 Å². The molecule has 1 aromatic carbocycles. The van der Waals surface area contributed by atoms with Crippen LogP contribution >= 0.6 is 0 Å². The third-order valence-corrected chi connectivity index (χ3v) is 19.4. The Hall–Kier alpha value is -11.3. The molecule has 0 aliphatic heterocycles. The van der Waals surface area contributed by atoms with E-state index in [0.717, 1.165) is 56.0 Å². The minimum absolute atomic E-state index is 0.0210. The molecule has 0 amide bonds. The van der Waals surface area contributed by atoms with E-state index >= 15 is 0 Å². The van der Waals surface area contributed by atoms with Crippen LogP contribution in [0, 0.1) is 145 Å². The summed E-state index contributed by atoms with van der Waals surface area (Å²) >= 11 is 0. The van der Waals surface area contributed by atoms with Gasteiger partial charge in [-0.3, -0.25) is 33.8 Å². The summed E-state index contributed by atoms with van der Waals surface area (Å²) in [4.78, 5) is 102. The van der Waals surface area contributed by atoms with E-state index < -0.39 is 0 Å². The monoisotopic (exact) mass is 1350 g/mol. The van der Waals surface area contributed by atoms with Crippen LogP contribution in [-0.4, -0.2) is 103 Å². The van der Waals surface area contributed by atoms with Crippen molar-refractivity contribution in [2.75, 3.05) is 0 Å². The lowest BCUT2D eigenvalue weighted by atomic mass is 9.91.